The first-order valence-electron chi connectivity index (χ1n) is 8.42. The lowest BCUT2D eigenvalue weighted by Gasteiger charge is -2.10. The Morgan fingerprint density at radius 2 is 1.59 bits per heavy atom. The van der Waals surface area contributed by atoms with Gasteiger partial charge in [0.1, 0.15) is 11.5 Å². The monoisotopic (exact) mass is 432 g/mol. The molecule has 0 aliphatic heterocycles. The number of benzene rings is 3. The molecular weight excluding hydrogens is 416 g/mol. The van der Waals surface area contributed by atoms with Gasteiger partial charge in [0.2, 0.25) is 0 Å². The number of rotatable bonds is 6. The number of phenolic OH excluding ortho intramolecular Hbond substituents is 2. The smallest absolute Gasteiger partial charge is 0.261 e. The minimum absolute atomic E-state index is 0.0328. The second kappa shape index (κ2) is 8.42. The molecule has 0 aromatic heterocycles. The van der Waals surface area contributed by atoms with E-state index in [2.05, 4.69) is 10.0 Å². The molecule has 4 N–H and O–H groups in total. The summed E-state index contributed by atoms with van der Waals surface area (Å²) in [5, 5.41) is 22.0. The minimum atomic E-state index is -3.79. The fourth-order valence-electron chi connectivity index (χ4n) is 2.50. The van der Waals surface area contributed by atoms with Gasteiger partial charge in [-0.05, 0) is 60.2 Å². The van der Waals surface area contributed by atoms with Gasteiger partial charge < -0.3 is 15.5 Å². The lowest BCUT2D eigenvalue weighted by Crippen LogP contribution is -2.23. The maximum Gasteiger partial charge on any atom is 0.261 e. The molecule has 0 spiro atoms. The van der Waals surface area contributed by atoms with Crippen LogP contribution in [0.1, 0.15) is 15.9 Å². The van der Waals surface area contributed by atoms with Crippen molar-refractivity contribution in [1.82, 2.24) is 5.32 Å². The Morgan fingerprint density at radius 1 is 0.931 bits per heavy atom. The number of aromatic hydroxyl groups is 2. The van der Waals surface area contributed by atoms with Gasteiger partial charge in [0.05, 0.1) is 10.5 Å². The van der Waals surface area contributed by atoms with Crippen molar-refractivity contribution in [3.63, 3.8) is 0 Å². The highest BCUT2D eigenvalue weighted by molar-refractivity contribution is 7.92. The zero-order valence-corrected chi connectivity index (χ0v) is 16.5. The van der Waals surface area contributed by atoms with Crippen LogP contribution in [-0.4, -0.2) is 24.5 Å². The highest BCUT2D eigenvalue weighted by Gasteiger charge is 2.15. The van der Waals surface area contributed by atoms with Crippen LogP contribution >= 0.6 is 11.6 Å². The molecule has 0 aliphatic rings. The summed E-state index contributed by atoms with van der Waals surface area (Å²) >= 11 is 5.84. The molecule has 0 radical (unpaired) electrons. The molecular formula is C20H17ClN2O5S. The van der Waals surface area contributed by atoms with E-state index in [1.807, 2.05) is 0 Å². The third kappa shape index (κ3) is 5.18. The van der Waals surface area contributed by atoms with Crippen molar-refractivity contribution in [1.29, 1.82) is 0 Å². The van der Waals surface area contributed by atoms with E-state index in [0.717, 1.165) is 0 Å². The van der Waals surface area contributed by atoms with Crippen LogP contribution in [0.5, 0.6) is 11.5 Å². The molecule has 7 nitrogen and oxygen atoms in total. The number of hydrogen-bond donors (Lipinski definition) is 4. The first kappa shape index (κ1) is 20.5. The first-order valence-corrected chi connectivity index (χ1v) is 10.3. The van der Waals surface area contributed by atoms with Crippen LogP contribution in [-0.2, 0) is 16.6 Å². The average Bonchev–Trinajstić information content (AvgIpc) is 2.70. The van der Waals surface area contributed by atoms with Gasteiger partial charge in [-0.2, -0.15) is 0 Å². The zero-order valence-electron chi connectivity index (χ0n) is 15.0. The number of nitrogens with one attached hydrogen (secondary N) is 2. The Kier molecular flexibility index (Phi) is 5.95. The van der Waals surface area contributed by atoms with Crippen LogP contribution in [0.3, 0.4) is 0 Å². The Labute approximate surface area is 172 Å². The summed E-state index contributed by atoms with van der Waals surface area (Å²) in [5.41, 5.74) is 1.04. The highest BCUT2D eigenvalue weighted by atomic mass is 35.5. The molecule has 0 unspecified atom stereocenters. The van der Waals surface area contributed by atoms with Crippen molar-refractivity contribution in [2.24, 2.45) is 0 Å². The number of amides is 1. The summed E-state index contributed by atoms with van der Waals surface area (Å²) in [6, 6.07) is 15.8. The van der Waals surface area contributed by atoms with Gasteiger partial charge in [-0.3, -0.25) is 9.52 Å². The van der Waals surface area contributed by atoms with E-state index >= 15 is 0 Å². The van der Waals surface area contributed by atoms with Gasteiger partial charge >= 0.3 is 0 Å². The summed E-state index contributed by atoms with van der Waals surface area (Å²) in [7, 11) is -3.79. The van der Waals surface area contributed by atoms with Crippen molar-refractivity contribution in [3.8, 4) is 11.5 Å². The Balaban J connectivity index is 1.66. The second-order valence-electron chi connectivity index (χ2n) is 6.14. The fourth-order valence-corrected chi connectivity index (χ4v) is 3.73. The predicted molar refractivity (Wildman–Crippen MR) is 110 cm³/mol. The van der Waals surface area contributed by atoms with Crippen LogP contribution in [0.15, 0.2) is 71.6 Å². The molecule has 1 amide bonds. The molecule has 3 aromatic rings. The van der Waals surface area contributed by atoms with Crippen LogP contribution in [0.2, 0.25) is 5.02 Å². The minimum Gasteiger partial charge on any atom is -0.508 e. The summed E-state index contributed by atoms with van der Waals surface area (Å²) in [6.45, 7) is 0.135. The van der Waals surface area contributed by atoms with Crippen LogP contribution in [0, 0.1) is 0 Å². The van der Waals surface area contributed by atoms with E-state index in [0.29, 0.717) is 16.3 Å². The number of hydrogen-bond acceptors (Lipinski definition) is 5. The van der Waals surface area contributed by atoms with E-state index < -0.39 is 15.9 Å². The van der Waals surface area contributed by atoms with Crippen LogP contribution in [0.25, 0.3) is 0 Å². The second-order valence-corrected chi connectivity index (χ2v) is 8.26. The third-order valence-corrected chi connectivity index (χ3v) is 5.64. The lowest BCUT2D eigenvalue weighted by molar-refractivity contribution is 0.0948. The normalized spacial score (nSPS) is 11.1. The van der Waals surface area contributed by atoms with Gasteiger partial charge in [0.25, 0.3) is 15.9 Å². The average molecular weight is 433 g/mol. The molecule has 3 aromatic carbocycles. The molecule has 0 fully saturated rings. The highest BCUT2D eigenvalue weighted by Crippen LogP contribution is 2.22. The molecule has 3 rings (SSSR count). The molecule has 0 heterocycles. The molecule has 150 valence electrons. The van der Waals surface area contributed by atoms with E-state index in [4.69, 9.17) is 11.6 Å². The molecule has 0 atom stereocenters. The quantitative estimate of drug-likeness (QED) is 0.445. The van der Waals surface area contributed by atoms with Gasteiger partial charge in [0.15, 0.2) is 0 Å². The van der Waals surface area contributed by atoms with Gasteiger partial charge in [-0.1, -0.05) is 23.7 Å². The van der Waals surface area contributed by atoms with E-state index in [-0.39, 0.29) is 28.5 Å². The standard InChI is InChI=1S/C20H17ClN2O5S/c21-14-3-10-19(25)18(11-14)20(26)22-12-13-1-8-17(9-2-13)29(27,28)23-15-4-6-16(24)7-5-15/h1-11,23-25H,12H2,(H,22,26). The first-order chi connectivity index (χ1) is 13.7. The molecule has 29 heavy (non-hydrogen) atoms. The summed E-state index contributed by atoms with van der Waals surface area (Å²) in [4.78, 5) is 12.2. The number of sulfonamides is 1. The fraction of sp³-hybridized carbons (Fsp3) is 0.0500. The van der Waals surface area contributed by atoms with E-state index in [9.17, 15) is 23.4 Å². The molecule has 0 saturated heterocycles. The predicted octanol–water partition coefficient (Wildman–Crippen LogP) is 3.48. The Morgan fingerprint density at radius 3 is 2.24 bits per heavy atom. The number of carbonyl (C=O) groups excluding carboxylic acids is 1. The lowest BCUT2D eigenvalue weighted by atomic mass is 10.1. The summed E-state index contributed by atoms with van der Waals surface area (Å²) in [5.74, 6) is -0.658. The SMILES string of the molecule is O=C(NCc1ccc(S(=O)(=O)Nc2ccc(O)cc2)cc1)c1cc(Cl)ccc1O. The van der Waals surface area contributed by atoms with Crippen LogP contribution in [0.4, 0.5) is 5.69 Å². The van der Waals surface area contributed by atoms with Gasteiger partial charge in [0, 0.05) is 17.3 Å². The maximum absolute atomic E-state index is 12.4. The maximum atomic E-state index is 12.4. The van der Waals surface area contributed by atoms with Crippen LogP contribution < -0.4 is 10.0 Å². The number of anilines is 1. The van der Waals surface area contributed by atoms with Crippen molar-refractivity contribution in [2.45, 2.75) is 11.4 Å². The zero-order chi connectivity index (χ0) is 21.0. The summed E-state index contributed by atoms with van der Waals surface area (Å²) < 4.78 is 27.3. The van der Waals surface area contributed by atoms with Crippen molar-refractivity contribution >= 4 is 33.2 Å². The number of carbonyl (C=O) groups is 1. The molecule has 0 bridgehead atoms. The van der Waals surface area contributed by atoms with Crippen molar-refractivity contribution in [3.05, 3.63) is 82.9 Å². The number of phenols is 2. The number of halogens is 1. The van der Waals surface area contributed by atoms with Crippen molar-refractivity contribution in [2.75, 3.05) is 4.72 Å². The Bertz CT molecular complexity index is 1130. The van der Waals surface area contributed by atoms with Gasteiger partial charge in [-0.15, -0.1) is 0 Å². The molecule has 0 aliphatic carbocycles. The molecule has 9 heteroatoms. The van der Waals surface area contributed by atoms with E-state index in [1.165, 1.54) is 54.6 Å². The Hall–Kier alpha value is -3.23. The van der Waals surface area contributed by atoms with Gasteiger partial charge in [-0.25, -0.2) is 8.42 Å². The summed E-state index contributed by atoms with van der Waals surface area (Å²) in [6.07, 6.45) is 0. The van der Waals surface area contributed by atoms with Crippen molar-refractivity contribution < 1.29 is 23.4 Å². The van der Waals surface area contributed by atoms with E-state index in [1.54, 1.807) is 12.1 Å². The topological polar surface area (TPSA) is 116 Å². The largest absolute Gasteiger partial charge is 0.508 e. The third-order valence-electron chi connectivity index (χ3n) is 4.01. The molecule has 0 saturated carbocycles.